The summed E-state index contributed by atoms with van der Waals surface area (Å²) in [6.07, 6.45) is 0.895. The van der Waals surface area contributed by atoms with Gasteiger partial charge in [-0.15, -0.1) is 0 Å². The van der Waals surface area contributed by atoms with Crippen LogP contribution < -0.4 is 10.2 Å². The van der Waals surface area contributed by atoms with E-state index in [9.17, 15) is 0 Å². The van der Waals surface area contributed by atoms with Crippen molar-refractivity contribution in [3.05, 3.63) is 5.82 Å². The van der Waals surface area contributed by atoms with Crippen LogP contribution in [-0.2, 0) is 11.2 Å². The SMILES string of the molecule is CCNC(=NCCOCC(C)C)N1CCN(c2nc(CC)ns2)CC1. The summed E-state index contributed by atoms with van der Waals surface area (Å²) < 4.78 is 10.0. The zero-order chi connectivity index (χ0) is 18.1. The summed E-state index contributed by atoms with van der Waals surface area (Å²) in [6, 6.07) is 0. The molecule has 1 saturated heterocycles. The molecule has 1 fully saturated rings. The van der Waals surface area contributed by atoms with E-state index in [1.165, 1.54) is 11.5 Å². The summed E-state index contributed by atoms with van der Waals surface area (Å²) in [7, 11) is 0. The number of guanidine groups is 1. The van der Waals surface area contributed by atoms with Crippen molar-refractivity contribution in [1.82, 2.24) is 19.6 Å². The molecule has 2 heterocycles. The summed E-state index contributed by atoms with van der Waals surface area (Å²) in [5, 5.41) is 4.44. The lowest BCUT2D eigenvalue weighted by Gasteiger charge is -2.36. The molecule has 0 unspecified atom stereocenters. The third kappa shape index (κ3) is 6.43. The number of piperazine rings is 1. The van der Waals surface area contributed by atoms with Gasteiger partial charge in [-0.05, 0) is 12.8 Å². The van der Waals surface area contributed by atoms with Gasteiger partial charge in [-0.25, -0.2) is 4.98 Å². The number of nitrogens with one attached hydrogen (secondary N) is 1. The van der Waals surface area contributed by atoms with Crippen LogP contribution in [0, 0.1) is 5.92 Å². The zero-order valence-electron chi connectivity index (χ0n) is 16.0. The lowest BCUT2D eigenvalue weighted by atomic mass is 10.2. The van der Waals surface area contributed by atoms with Gasteiger partial charge in [0.2, 0.25) is 5.13 Å². The van der Waals surface area contributed by atoms with E-state index in [1.54, 1.807) is 0 Å². The van der Waals surface area contributed by atoms with E-state index >= 15 is 0 Å². The van der Waals surface area contributed by atoms with E-state index in [1.807, 2.05) is 0 Å². The quantitative estimate of drug-likeness (QED) is 0.429. The Balaban J connectivity index is 1.82. The maximum atomic E-state index is 5.62. The molecule has 1 N–H and O–H groups in total. The van der Waals surface area contributed by atoms with E-state index in [-0.39, 0.29) is 0 Å². The molecule has 0 saturated carbocycles. The summed E-state index contributed by atoms with van der Waals surface area (Å²) in [5.41, 5.74) is 0. The standard InChI is InChI=1S/C17H32N6OS/c1-5-15-20-17(25-21-15)23-10-8-22(9-11-23)16(18-6-2)19-7-12-24-13-14(3)4/h14H,5-13H2,1-4H3,(H,18,19). The van der Waals surface area contributed by atoms with Crippen LogP contribution in [0.1, 0.15) is 33.5 Å². The van der Waals surface area contributed by atoms with Gasteiger partial charge in [0.15, 0.2) is 5.96 Å². The van der Waals surface area contributed by atoms with Crippen molar-refractivity contribution in [1.29, 1.82) is 0 Å². The monoisotopic (exact) mass is 368 g/mol. The summed E-state index contributed by atoms with van der Waals surface area (Å²) in [6.45, 7) is 15.4. The van der Waals surface area contributed by atoms with Gasteiger partial charge in [-0.3, -0.25) is 4.99 Å². The number of rotatable bonds is 8. The minimum atomic E-state index is 0.568. The van der Waals surface area contributed by atoms with Crippen LogP contribution in [0.15, 0.2) is 4.99 Å². The van der Waals surface area contributed by atoms with Crippen molar-refractivity contribution in [2.75, 3.05) is 57.4 Å². The zero-order valence-corrected chi connectivity index (χ0v) is 16.8. The minimum Gasteiger partial charge on any atom is -0.379 e. The van der Waals surface area contributed by atoms with E-state index < -0.39 is 0 Å². The van der Waals surface area contributed by atoms with Crippen LogP contribution in [-0.4, -0.2) is 72.7 Å². The maximum Gasteiger partial charge on any atom is 0.205 e. The van der Waals surface area contributed by atoms with Gasteiger partial charge in [-0.2, -0.15) is 4.37 Å². The second-order valence-corrected chi connectivity index (χ2v) is 7.26. The van der Waals surface area contributed by atoms with Crippen molar-refractivity contribution in [2.24, 2.45) is 10.9 Å². The average molecular weight is 369 g/mol. The third-order valence-electron chi connectivity index (χ3n) is 3.91. The smallest absolute Gasteiger partial charge is 0.205 e. The topological polar surface area (TPSA) is 65.9 Å². The molecule has 7 nitrogen and oxygen atoms in total. The third-order valence-corrected chi connectivity index (χ3v) is 4.72. The van der Waals surface area contributed by atoms with E-state index in [0.29, 0.717) is 19.1 Å². The lowest BCUT2D eigenvalue weighted by Crippen LogP contribution is -2.52. The number of hydrogen-bond acceptors (Lipinski definition) is 6. The molecular weight excluding hydrogens is 336 g/mol. The van der Waals surface area contributed by atoms with Gasteiger partial charge in [0.05, 0.1) is 13.2 Å². The molecule has 2 rings (SSSR count). The molecule has 25 heavy (non-hydrogen) atoms. The molecule has 0 bridgehead atoms. The molecule has 0 aliphatic carbocycles. The van der Waals surface area contributed by atoms with Crippen LogP contribution in [0.3, 0.4) is 0 Å². The summed E-state index contributed by atoms with van der Waals surface area (Å²) in [4.78, 5) is 14.0. The lowest BCUT2D eigenvalue weighted by molar-refractivity contribution is 0.116. The number of ether oxygens (including phenoxy) is 1. The van der Waals surface area contributed by atoms with Gasteiger partial charge >= 0.3 is 0 Å². The molecule has 1 aliphatic heterocycles. The van der Waals surface area contributed by atoms with E-state index in [0.717, 1.165) is 62.7 Å². The molecule has 1 aromatic rings. The van der Waals surface area contributed by atoms with Crippen LogP contribution in [0.5, 0.6) is 0 Å². The highest BCUT2D eigenvalue weighted by Gasteiger charge is 2.21. The number of aromatic nitrogens is 2. The van der Waals surface area contributed by atoms with Crippen molar-refractivity contribution in [2.45, 2.75) is 34.1 Å². The largest absolute Gasteiger partial charge is 0.379 e. The average Bonchev–Trinajstić information content (AvgIpc) is 3.09. The van der Waals surface area contributed by atoms with E-state index in [4.69, 9.17) is 9.73 Å². The van der Waals surface area contributed by atoms with Gasteiger partial charge < -0.3 is 19.9 Å². The Morgan fingerprint density at radius 3 is 2.64 bits per heavy atom. The van der Waals surface area contributed by atoms with Crippen LogP contribution in [0.25, 0.3) is 0 Å². The molecule has 8 heteroatoms. The Kier molecular flexibility index (Phi) is 8.40. The fourth-order valence-corrected chi connectivity index (χ4v) is 3.39. The predicted octanol–water partition coefficient (Wildman–Crippen LogP) is 1.86. The Morgan fingerprint density at radius 1 is 1.28 bits per heavy atom. The van der Waals surface area contributed by atoms with Crippen LogP contribution in [0.2, 0.25) is 0 Å². The number of hydrogen-bond donors (Lipinski definition) is 1. The van der Waals surface area contributed by atoms with Crippen LogP contribution in [0.4, 0.5) is 5.13 Å². The normalized spacial score (nSPS) is 16.0. The number of aliphatic imine (C=N–C) groups is 1. The molecule has 142 valence electrons. The Hall–Kier alpha value is -1.41. The van der Waals surface area contributed by atoms with Crippen molar-refractivity contribution in [3.8, 4) is 0 Å². The number of nitrogens with zero attached hydrogens (tertiary/aromatic N) is 5. The predicted molar refractivity (Wildman–Crippen MR) is 105 cm³/mol. The number of anilines is 1. The summed E-state index contributed by atoms with van der Waals surface area (Å²) >= 11 is 1.51. The Labute approximate surface area is 155 Å². The number of aryl methyl sites for hydroxylation is 1. The Bertz CT molecular complexity index is 525. The van der Waals surface area contributed by atoms with Crippen molar-refractivity contribution < 1.29 is 4.74 Å². The first-order valence-electron chi connectivity index (χ1n) is 9.32. The Morgan fingerprint density at radius 2 is 2.04 bits per heavy atom. The summed E-state index contributed by atoms with van der Waals surface area (Å²) in [5.74, 6) is 2.50. The molecule has 0 amide bonds. The second-order valence-electron chi connectivity index (χ2n) is 6.53. The fourth-order valence-electron chi connectivity index (χ4n) is 2.59. The molecule has 1 aliphatic rings. The van der Waals surface area contributed by atoms with Crippen LogP contribution >= 0.6 is 11.5 Å². The highest BCUT2D eigenvalue weighted by Crippen LogP contribution is 2.19. The van der Waals surface area contributed by atoms with E-state index in [2.05, 4.69) is 52.2 Å². The van der Waals surface area contributed by atoms with Gasteiger partial charge in [0, 0.05) is 57.3 Å². The van der Waals surface area contributed by atoms with Gasteiger partial charge in [0.25, 0.3) is 0 Å². The molecule has 0 aromatic carbocycles. The molecular formula is C17H32N6OS. The molecule has 0 radical (unpaired) electrons. The molecule has 0 spiro atoms. The highest BCUT2D eigenvalue weighted by molar-refractivity contribution is 7.09. The van der Waals surface area contributed by atoms with Crippen molar-refractivity contribution >= 4 is 22.6 Å². The van der Waals surface area contributed by atoms with Gasteiger partial charge in [0.1, 0.15) is 5.82 Å². The highest BCUT2D eigenvalue weighted by atomic mass is 32.1. The minimum absolute atomic E-state index is 0.568. The van der Waals surface area contributed by atoms with Gasteiger partial charge in [-0.1, -0.05) is 20.8 Å². The van der Waals surface area contributed by atoms with Crippen molar-refractivity contribution in [3.63, 3.8) is 0 Å². The first-order chi connectivity index (χ1) is 12.1. The first-order valence-corrected chi connectivity index (χ1v) is 10.1. The molecule has 0 atom stereocenters. The molecule has 1 aromatic heterocycles. The first kappa shape index (κ1) is 19.9. The maximum absolute atomic E-state index is 5.62. The second kappa shape index (κ2) is 10.6. The fraction of sp³-hybridized carbons (Fsp3) is 0.824.